The fourth-order valence-corrected chi connectivity index (χ4v) is 2.36. The molecule has 0 bridgehead atoms. The van der Waals surface area contributed by atoms with Crippen LogP contribution in [0.5, 0.6) is 0 Å². The number of nitrogens with zero attached hydrogens (tertiary/aromatic N) is 3. The summed E-state index contributed by atoms with van der Waals surface area (Å²) in [5.74, 6) is 0.852. The van der Waals surface area contributed by atoms with Gasteiger partial charge in [0.2, 0.25) is 5.89 Å². The Balaban J connectivity index is 1.99. The largest absolute Gasteiger partial charge is 0.418 e. The van der Waals surface area contributed by atoms with Crippen molar-refractivity contribution in [1.82, 2.24) is 15.0 Å². The number of hydrogen-bond donors (Lipinski definition) is 1. The number of rotatable bonds is 4. The molecule has 1 aliphatic rings. The second-order valence-electron chi connectivity index (χ2n) is 5.20. The van der Waals surface area contributed by atoms with Gasteiger partial charge in [0.25, 0.3) is 0 Å². The minimum Gasteiger partial charge on any atom is -0.379 e. The Morgan fingerprint density at radius 1 is 1.45 bits per heavy atom. The predicted molar refractivity (Wildman–Crippen MR) is 63.8 cm³/mol. The first-order chi connectivity index (χ1) is 9.34. The van der Waals surface area contributed by atoms with Crippen molar-refractivity contribution >= 4 is 0 Å². The fourth-order valence-electron chi connectivity index (χ4n) is 2.36. The molecule has 0 saturated carbocycles. The van der Waals surface area contributed by atoms with E-state index in [4.69, 9.17) is 4.52 Å². The zero-order valence-electron chi connectivity index (χ0n) is 11.3. The van der Waals surface area contributed by atoms with Crippen LogP contribution in [0.15, 0.2) is 4.52 Å². The molecular formula is C12H18F3N3O2. The van der Waals surface area contributed by atoms with Gasteiger partial charge in [0.05, 0.1) is 6.54 Å². The van der Waals surface area contributed by atoms with E-state index in [-0.39, 0.29) is 19.4 Å². The van der Waals surface area contributed by atoms with Gasteiger partial charge in [0.15, 0.2) is 11.4 Å². The van der Waals surface area contributed by atoms with Crippen LogP contribution >= 0.6 is 0 Å². The van der Waals surface area contributed by atoms with Gasteiger partial charge in [-0.15, -0.1) is 0 Å². The Labute approximate surface area is 114 Å². The zero-order chi connectivity index (χ0) is 14.8. The molecule has 1 fully saturated rings. The predicted octanol–water partition coefficient (Wildman–Crippen LogP) is 1.91. The van der Waals surface area contributed by atoms with Gasteiger partial charge in [-0.1, -0.05) is 12.1 Å². The summed E-state index contributed by atoms with van der Waals surface area (Å²) in [6.07, 6.45) is -3.08. The second-order valence-corrected chi connectivity index (χ2v) is 5.20. The first-order valence-electron chi connectivity index (χ1n) is 6.67. The molecule has 1 saturated heterocycles. The van der Waals surface area contributed by atoms with E-state index in [1.54, 1.807) is 0 Å². The number of hydrogen-bond acceptors (Lipinski definition) is 5. The van der Waals surface area contributed by atoms with Crippen molar-refractivity contribution in [3.8, 4) is 0 Å². The lowest BCUT2D eigenvalue weighted by Gasteiger charge is -2.39. The van der Waals surface area contributed by atoms with E-state index in [9.17, 15) is 18.3 Å². The van der Waals surface area contributed by atoms with Gasteiger partial charge >= 0.3 is 6.18 Å². The van der Waals surface area contributed by atoms with E-state index in [1.807, 2.05) is 6.92 Å². The quantitative estimate of drug-likeness (QED) is 0.919. The van der Waals surface area contributed by atoms with Crippen LogP contribution in [-0.2, 0) is 13.0 Å². The number of aryl methyl sites for hydroxylation is 1. The summed E-state index contributed by atoms with van der Waals surface area (Å²) < 4.78 is 43.4. The highest BCUT2D eigenvalue weighted by Crippen LogP contribution is 2.37. The maximum atomic E-state index is 12.8. The molecule has 1 unspecified atom stereocenters. The van der Waals surface area contributed by atoms with Crippen molar-refractivity contribution < 1.29 is 22.8 Å². The lowest BCUT2D eigenvalue weighted by Crippen LogP contribution is -2.56. The first-order valence-corrected chi connectivity index (χ1v) is 6.67. The van der Waals surface area contributed by atoms with Gasteiger partial charge < -0.3 is 9.63 Å². The van der Waals surface area contributed by atoms with Crippen molar-refractivity contribution in [3.05, 3.63) is 11.7 Å². The summed E-state index contributed by atoms with van der Waals surface area (Å²) in [6, 6.07) is 0. The average Bonchev–Trinajstić information content (AvgIpc) is 2.76. The van der Waals surface area contributed by atoms with Crippen molar-refractivity contribution in [1.29, 1.82) is 0 Å². The summed E-state index contributed by atoms with van der Waals surface area (Å²) in [7, 11) is 0. The van der Waals surface area contributed by atoms with E-state index >= 15 is 0 Å². The molecule has 0 aromatic carbocycles. The van der Waals surface area contributed by atoms with Gasteiger partial charge in [-0.3, -0.25) is 4.90 Å². The van der Waals surface area contributed by atoms with Gasteiger partial charge in [-0.2, -0.15) is 18.2 Å². The summed E-state index contributed by atoms with van der Waals surface area (Å²) in [5.41, 5.74) is -2.64. The number of piperidine rings is 1. The summed E-state index contributed by atoms with van der Waals surface area (Å²) in [5, 5.41) is 13.5. The molecule has 1 aliphatic heterocycles. The van der Waals surface area contributed by atoms with Gasteiger partial charge in [0, 0.05) is 13.0 Å². The molecule has 8 heteroatoms. The molecule has 5 nitrogen and oxygen atoms in total. The van der Waals surface area contributed by atoms with E-state index in [2.05, 4.69) is 10.1 Å². The standard InChI is InChI=1S/C12H18F3N3O2/c1-2-4-10-16-9(17-20-10)7-18-6-3-5-11(19,8-18)12(13,14)15/h19H,2-8H2,1H3. The van der Waals surface area contributed by atoms with E-state index in [0.29, 0.717) is 24.7 Å². The SMILES string of the molecule is CCCc1nc(CN2CCCC(O)(C(F)(F)F)C2)no1. The van der Waals surface area contributed by atoms with E-state index in [1.165, 1.54) is 4.90 Å². The molecule has 1 atom stereocenters. The number of β-amino-alcohol motifs (C(OH)–C–C–N with tert-alkyl or cyclic N) is 1. The molecule has 0 aliphatic carbocycles. The third kappa shape index (κ3) is 3.29. The maximum absolute atomic E-state index is 12.8. The highest BCUT2D eigenvalue weighted by molar-refractivity contribution is 4.95. The Hall–Kier alpha value is -1.15. The third-order valence-corrected chi connectivity index (χ3v) is 3.42. The van der Waals surface area contributed by atoms with Crippen LogP contribution in [0.2, 0.25) is 0 Å². The fraction of sp³-hybridized carbons (Fsp3) is 0.833. The van der Waals surface area contributed by atoms with Crippen LogP contribution < -0.4 is 0 Å². The topological polar surface area (TPSA) is 62.4 Å². The zero-order valence-corrected chi connectivity index (χ0v) is 11.3. The summed E-state index contributed by atoms with van der Waals surface area (Å²) in [6.45, 7) is 2.16. The maximum Gasteiger partial charge on any atom is 0.418 e. The van der Waals surface area contributed by atoms with Crippen LogP contribution in [0.3, 0.4) is 0 Å². The van der Waals surface area contributed by atoms with E-state index < -0.39 is 18.3 Å². The normalized spacial score (nSPS) is 25.1. The highest BCUT2D eigenvalue weighted by atomic mass is 19.4. The van der Waals surface area contributed by atoms with Gasteiger partial charge in [0.1, 0.15) is 0 Å². The van der Waals surface area contributed by atoms with Crippen molar-refractivity contribution in [2.75, 3.05) is 13.1 Å². The van der Waals surface area contributed by atoms with E-state index in [0.717, 1.165) is 6.42 Å². The highest BCUT2D eigenvalue weighted by Gasteiger charge is 2.55. The summed E-state index contributed by atoms with van der Waals surface area (Å²) in [4.78, 5) is 5.63. The number of halogens is 3. The Morgan fingerprint density at radius 3 is 2.85 bits per heavy atom. The summed E-state index contributed by atoms with van der Waals surface area (Å²) >= 11 is 0. The van der Waals surface area contributed by atoms with Crippen molar-refractivity contribution in [2.24, 2.45) is 0 Å². The Morgan fingerprint density at radius 2 is 2.20 bits per heavy atom. The molecule has 2 heterocycles. The smallest absolute Gasteiger partial charge is 0.379 e. The second kappa shape index (κ2) is 5.69. The molecule has 2 rings (SSSR count). The lowest BCUT2D eigenvalue weighted by atomic mass is 9.92. The van der Waals surface area contributed by atoms with Crippen LogP contribution in [0.4, 0.5) is 13.2 Å². The molecule has 1 aromatic rings. The lowest BCUT2D eigenvalue weighted by molar-refractivity contribution is -0.274. The van der Waals surface area contributed by atoms with Crippen molar-refractivity contribution in [3.63, 3.8) is 0 Å². The van der Waals surface area contributed by atoms with Crippen LogP contribution in [0, 0.1) is 0 Å². The first kappa shape index (κ1) is 15.2. The minimum absolute atomic E-state index is 0.158. The third-order valence-electron chi connectivity index (χ3n) is 3.42. The molecule has 114 valence electrons. The molecule has 20 heavy (non-hydrogen) atoms. The molecule has 0 radical (unpaired) electrons. The number of alkyl halides is 3. The van der Waals surface area contributed by atoms with Crippen LogP contribution in [-0.4, -0.2) is 45.0 Å². The molecule has 0 spiro atoms. The van der Waals surface area contributed by atoms with Gasteiger partial charge in [-0.05, 0) is 25.8 Å². The molecule has 0 amide bonds. The molecule has 1 N–H and O–H groups in total. The van der Waals surface area contributed by atoms with Crippen LogP contribution in [0.25, 0.3) is 0 Å². The monoisotopic (exact) mass is 293 g/mol. The van der Waals surface area contributed by atoms with Crippen molar-refractivity contribution in [2.45, 2.75) is 50.9 Å². The van der Waals surface area contributed by atoms with Crippen LogP contribution in [0.1, 0.15) is 37.9 Å². The minimum atomic E-state index is -4.61. The number of aliphatic hydroxyl groups is 1. The number of likely N-dealkylation sites (tertiary alicyclic amines) is 1. The Bertz CT molecular complexity index is 449. The Kier molecular flexibility index (Phi) is 4.33. The number of aromatic nitrogens is 2. The molecular weight excluding hydrogens is 275 g/mol. The average molecular weight is 293 g/mol. The molecule has 1 aromatic heterocycles. The van der Waals surface area contributed by atoms with Gasteiger partial charge in [-0.25, -0.2) is 0 Å².